The average molecular weight is 365 g/mol. The molecule has 4 rings (SSSR count). The zero-order valence-electron chi connectivity index (χ0n) is 15.7. The molecule has 3 unspecified atom stereocenters. The fraction of sp³-hybridized carbons (Fsp3) is 0.364. The maximum atomic E-state index is 14.1. The molecule has 2 aliphatic heterocycles. The first-order chi connectivity index (χ1) is 13.0. The molecule has 0 aliphatic carbocycles. The molecular formula is C22H24FN3O. The Kier molecular flexibility index (Phi) is 4.68. The summed E-state index contributed by atoms with van der Waals surface area (Å²) in [6, 6.07) is 12.7. The maximum absolute atomic E-state index is 14.1. The van der Waals surface area contributed by atoms with E-state index < -0.39 is 5.92 Å². The van der Waals surface area contributed by atoms with Gasteiger partial charge in [0, 0.05) is 36.2 Å². The zero-order valence-corrected chi connectivity index (χ0v) is 15.7. The number of nitrogens with one attached hydrogen (secondary N) is 1. The van der Waals surface area contributed by atoms with Gasteiger partial charge in [-0.15, -0.1) is 0 Å². The lowest BCUT2D eigenvalue weighted by Crippen LogP contribution is -2.38. The van der Waals surface area contributed by atoms with Gasteiger partial charge in [-0.3, -0.25) is 9.79 Å². The third kappa shape index (κ3) is 3.59. The quantitative estimate of drug-likeness (QED) is 0.798. The molecule has 2 aromatic carbocycles. The van der Waals surface area contributed by atoms with Crippen molar-refractivity contribution in [2.45, 2.75) is 26.2 Å². The summed E-state index contributed by atoms with van der Waals surface area (Å²) in [6.45, 7) is 6.74. The van der Waals surface area contributed by atoms with Crippen LogP contribution in [0.1, 0.15) is 31.7 Å². The molecule has 0 radical (unpaired) electrons. The van der Waals surface area contributed by atoms with Crippen molar-refractivity contribution in [3.63, 3.8) is 0 Å². The minimum Gasteiger partial charge on any atom is -0.371 e. The van der Waals surface area contributed by atoms with Crippen LogP contribution in [0.4, 0.5) is 21.5 Å². The molecule has 0 bridgehead atoms. The third-order valence-corrected chi connectivity index (χ3v) is 5.36. The molecular weight excluding hydrogens is 341 g/mol. The van der Waals surface area contributed by atoms with Crippen molar-refractivity contribution in [3.05, 3.63) is 53.8 Å². The molecule has 1 fully saturated rings. The number of nitrogens with zero attached hydrogens (tertiary/aromatic N) is 2. The monoisotopic (exact) mass is 365 g/mol. The molecule has 1 N–H and O–H groups in total. The lowest BCUT2D eigenvalue weighted by Gasteiger charge is -2.36. The van der Waals surface area contributed by atoms with Crippen molar-refractivity contribution in [2.75, 3.05) is 23.3 Å². The number of fused-ring (bicyclic) bond motifs is 1. The summed E-state index contributed by atoms with van der Waals surface area (Å²) in [4.78, 5) is 19.0. The van der Waals surface area contributed by atoms with E-state index in [9.17, 15) is 9.18 Å². The summed E-state index contributed by atoms with van der Waals surface area (Å²) in [5.74, 6) is 0.0759. The van der Waals surface area contributed by atoms with Gasteiger partial charge in [-0.05, 0) is 54.7 Å². The van der Waals surface area contributed by atoms with E-state index in [2.05, 4.69) is 41.2 Å². The van der Waals surface area contributed by atoms with Gasteiger partial charge in [0.1, 0.15) is 11.7 Å². The fourth-order valence-electron chi connectivity index (χ4n) is 4.23. The number of hydrogen-bond acceptors (Lipinski definition) is 3. The molecule has 2 aromatic rings. The normalized spacial score (nSPS) is 24.9. The molecule has 0 saturated carbocycles. The van der Waals surface area contributed by atoms with Crippen molar-refractivity contribution < 1.29 is 9.18 Å². The summed E-state index contributed by atoms with van der Waals surface area (Å²) >= 11 is 0. The summed E-state index contributed by atoms with van der Waals surface area (Å²) in [6.07, 6.45) is 2.81. The van der Waals surface area contributed by atoms with Crippen LogP contribution >= 0.6 is 0 Å². The maximum Gasteiger partial charge on any atom is 0.237 e. The molecule has 2 aliphatic rings. The first-order valence-corrected chi connectivity index (χ1v) is 9.49. The molecule has 2 heterocycles. The van der Waals surface area contributed by atoms with Crippen LogP contribution in [0.2, 0.25) is 0 Å². The number of amides is 1. The van der Waals surface area contributed by atoms with Crippen molar-refractivity contribution >= 4 is 29.2 Å². The average Bonchev–Trinajstić information content (AvgIpc) is 2.96. The van der Waals surface area contributed by atoms with Crippen LogP contribution in [0.15, 0.2) is 47.5 Å². The second-order valence-corrected chi connectivity index (χ2v) is 7.81. The van der Waals surface area contributed by atoms with Crippen molar-refractivity contribution in [2.24, 2.45) is 16.8 Å². The predicted molar refractivity (Wildman–Crippen MR) is 108 cm³/mol. The molecule has 3 atom stereocenters. The van der Waals surface area contributed by atoms with E-state index in [1.807, 2.05) is 12.1 Å². The van der Waals surface area contributed by atoms with Gasteiger partial charge in [0.15, 0.2) is 0 Å². The smallest absolute Gasteiger partial charge is 0.237 e. The highest BCUT2D eigenvalue weighted by molar-refractivity contribution is 6.12. The minimum absolute atomic E-state index is 0.244. The highest BCUT2D eigenvalue weighted by Gasteiger charge is 2.31. The van der Waals surface area contributed by atoms with E-state index in [0.29, 0.717) is 23.1 Å². The number of carbonyl (C=O) groups excluding carboxylic acids is 1. The van der Waals surface area contributed by atoms with Crippen molar-refractivity contribution in [1.82, 2.24) is 0 Å². The molecule has 0 spiro atoms. The van der Waals surface area contributed by atoms with Gasteiger partial charge < -0.3 is 10.2 Å². The molecule has 27 heavy (non-hydrogen) atoms. The van der Waals surface area contributed by atoms with E-state index in [0.717, 1.165) is 18.8 Å². The van der Waals surface area contributed by atoms with Gasteiger partial charge >= 0.3 is 0 Å². The van der Waals surface area contributed by atoms with Crippen molar-refractivity contribution in [3.8, 4) is 0 Å². The molecule has 0 aromatic heterocycles. The molecule has 1 saturated heterocycles. The molecule has 5 heteroatoms. The number of piperidine rings is 1. The number of rotatable bonds is 3. The van der Waals surface area contributed by atoms with E-state index in [4.69, 9.17) is 0 Å². The van der Waals surface area contributed by atoms with Gasteiger partial charge in [0.25, 0.3) is 0 Å². The Bertz CT molecular complexity index is 868. The Morgan fingerprint density at radius 2 is 1.81 bits per heavy atom. The second kappa shape index (κ2) is 7.14. The van der Waals surface area contributed by atoms with E-state index in [1.165, 1.54) is 24.4 Å². The summed E-state index contributed by atoms with van der Waals surface area (Å²) in [5.41, 5.74) is 2.86. The molecule has 1 amide bonds. The number of halogens is 1. The fourth-order valence-corrected chi connectivity index (χ4v) is 4.23. The minimum atomic E-state index is -0.690. The lowest BCUT2D eigenvalue weighted by molar-refractivity contribution is -0.115. The summed E-state index contributed by atoms with van der Waals surface area (Å²) < 4.78 is 14.1. The molecule has 4 nitrogen and oxygen atoms in total. The van der Waals surface area contributed by atoms with Crippen LogP contribution in [0.25, 0.3) is 0 Å². The highest BCUT2D eigenvalue weighted by atomic mass is 19.1. The summed E-state index contributed by atoms with van der Waals surface area (Å²) in [5, 5.41) is 2.71. The number of aliphatic imine (C=N–C) groups is 1. The van der Waals surface area contributed by atoms with Crippen LogP contribution < -0.4 is 10.2 Å². The third-order valence-electron chi connectivity index (χ3n) is 5.36. The Labute approximate surface area is 159 Å². The number of hydrogen-bond donors (Lipinski definition) is 1. The van der Waals surface area contributed by atoms with Crippen molar-refractivity contribution in [1.29, 1.82) is 0 Å². The van der Waals surface area contributed by atoms with Gasteiger partial charge in [-0.25, -0.2) is 4.39 Å². The van der Waals surface area contributed by atoms with Gasteiger partial charge in [0.2, 0.25) is 5.91 Å². The molecule has 140 valence electrons. The number of carbonyl (C=O) groups is 1. The van der Waals surface area contributed by atoms with Gasteiger partial charge in [-0.2, -0.15) is 0 Å². The predicted octanol–water partition coefficient (Wildman–Crippen LogP) is 4.75. The van der Waals surface area contributed by atoms with Crippen LogP contribution in [0.5, 0.6) is 0 Å². The highest BCUT2D eigenvalue weighted by Crippen LogP contribution is 2.34. The first kappa shape index (κ1) is 17.7. The Morgan fingerprint density at radius 3 is 2.52 bits per heavy atom. The second-order valence-electron chi connectivity index (χ2n) is 7.81. The topological polar surface area (TPSA) is 44.7 Å². The summed E-state index contributed by atoms with van der Waals surface area (Å²) in [7, 11) is 0. The van der Waals surface area contributed by atoms with Gasteiger partial charge in [0.05, 0.1) is 5.69 Å². The van der Waals surface area contributed by atoms with Crippen LogP contribution in [0, 0.1) is 17.7 Å². The number of anilines is 2. The number of benzene rings is 2. The van der Waals surface area contributed by atoms with E-state index in [-0.39, 0.29) is 11.7 Å². The van der Waals surface area contributed by atoms with E-state index >= 15 is 0 Å². The van der Waals surface area contributed by atoms with Crippen LogP contribution in [-0.4, -0.2) is 25.2 Å². The standard InChI is InChI=1S/C22H24FN3O/c1-14-10-15(2)13-26(12-14)17-8-6-16(7-9-17)24-11-18-21-19(23)4-3-5-20(21)25-22(18)27/h3-9,11,14-15,18H,10,12-13H2,1-2H3,(H,25,27). The van der Waals surface area contributed by atoms with E-state index in [1.54, 1.807) is 12.1 Å². The SMILES string of the molecule is CC1CC(C)CN(c2ccc(N=CC3C(=O)Nc4cccc(F)c43)cc2)C1. The zero-order chi connectivity index (χ0) is 19.0. The first-order valence-electron chi connectivity index (χ1n) is 9.49. The van der Waals surface area contributed by atoms with Gasteiger partial charge in [-0.1, -0.05) is 19.9 Å². The largest absolute Gasteiger partial charge is 0.371 e. The Hall–Kier alpha value is -2.69. The lowest BCUT2D eigenvalue weighted by atomic mass is 9.91. The van der Waals surface area contributed by atoms with Crippen LogP contribution in [-0.2, 0) is 4.79 Å². The van der Waals surface area contributed by atoms with Crippen LogP contribution in [0.3, 0.4) is 0 Å². The Balaban J connectivity index is 1.50. The Morgan fingerprint density at radius 1 is 1.11 bits per heavy atom.